The Kier molecular flexibility index (Phi) is 1.70. The number of fused-ring (bicyclic) bond motifs is 3. The zero-order valence-corrected chi connectivity index (χ0v) is 8.83. The first-order valence-corrected chi connectivity index (χ1v) is 6.08. The highest BCUT2D eigenvalue weighted by Gasteiger charge is 2.37. The topological polar surface area (TPSA) is 81.7 Å². The number of rotatable bonds is 0. The Morgan fingerprint density at radius 1 is 1.19 bits per heavy atom. The molecule has 0 fully saturated rings. The van der Waals surface area contributed by atoms with E-state index < -0.39 is 15.9 Å². The molecule has 2 aliphatic heterocycles. The molecule has 1 aromatic carbocycles. The van der Waals surface area contributed by atoms with Crippen molar-refractivity contribution in [2.24, 2.45) is 0 Å². The predicted octanol–water partition coefficient (Wildman–Crippen LogP) is -0.110. The summed E-state index contributed by atoms with van der Waals surface area (Å²) in [5, 5.41) is 0. The lowest BCUT2D eigenvalue weighted by Gasteiger charge is -2.19. The van der Waals surface area contributed by atoms with Crippen molar-refractivity contribution in [1.82, 2.24) is 4.72 Å². The Bertz CT molecular complexity index is 592. The highest BCUT2D eigenvalue weighted by molar-refractivity contribution is 7.90. The van der Waals surface area contributed by atoms with Gasteiger partial charge in [-0.2, -0.15) is 0 Å². The first-order valence-electron chi connectivity index (χ1n) is 4.59. The van der Waals surface area contributed by atoms with E-state index in [1.165, 1.54) is 12.1 Å². The smallest absolute Gasteiger partial charge is 0.270 e. The summed E-state index contributed by atoms with van der Waals surface area (Å²) in [5.41, 5.74) is 0.0391. The molecule has 0 radical (unpaired) electrons. The standard InChI is InChI=1S/C9H7NO5S/c11-9-7-6(16(12,13)10-9)2-1-5-8(7)15-4-3-14-5/h1-2H,3-4H2,(H,10,11). The van der Waals surface area contributed by atoms with Gasteiger partial charge in [0, 0.05) is 0 Å². The molecular formula is C9H7NO5S. The zero-order chi connectivity index (χ0) is 11.3. The normalized spacial score (nSPS) is 20.1. The summed E-state index contributed by atoms with van der Waals surface area (Å²) in [6, 6.07) is 2.83. The third kappa shape index (κ3) is 1.12. The van der Waals surface area contributed by atoms with Crippen molar-refractivity contribution in [3.8, 4) is 11.5 Å². The third-order valence-corrected chi connectivity index (χ3v) is 3.79. The summed E-state index contributed by atoms with van der Waals surface area (Å²) in [7, 11) is -3.72. The van der Waals surface area contributed by atoms with E-state index in [-0.39, 0.29) is 16.2 Å². The molecule has 1 amide bonds. The minimum absolute atomic E-state index is 0.0391. The molecule has 84 valence electrons. The first-order chi connectivity index (χ1) is 7.59. The molecule has 0 spiro atoms. The van der Waals surface area contributed by atoms with Crippen molar-refractivity contribution in [2.75, 3.05) is 13.2 Å². The fraction of sp³-hybridized carbons (Fsp3) is 0.222. The molecule has 0 atom stereocenters. The van der Waals surface area contributed by atoms with Crippen molar-refractivity contribution in [2.45, 2.75) is 4.90 Å². The second-order valence-corrected chi connectivity index (χ2v) is 5.05. The van der Waals surface area contributed by atoms with Crippen LogP contribution < -0.4 is 14.2 Å². The number of hydrogen-bond acceptors (Lipinski definition) is 5. The number of sulfonamides is 1. The Labute approximate surface area is 91.2 Å². The van der Waals surface area contributed by atoms with Crippen LogP contribution in [0.3, 0.4) is 0 Å². The van der Waals surface area contributed by atoms with Gasteiger partial charge in [-0.15, -0.1) is 0 Å². The predicted molar refractivity (Wildman–Crippen MR) is 52.1 cm³/mol. The summed E-state index contributed by atoms with van der Waals surface area (Å²) in [4.78, 5) is 11.5. The highest BCUT2D eigenvalue weighted by atomic mass is 32.2. The van der Waals surface area contributed by atoms with Crippen molar-refractivity contribution >= 4 is 15.9 Å². The van der Waals surface area contributed by atoms with Gasteiger partial charge in [0.25, 0.3) is 15.9 Å². The van der Waals surface area contributed by atoms with Crippen molar-refractivity contribution < 1.29 is 22.7 Å². The minimum atomic E-state index is -3.72. The van der Waals surface area contributed by atoms with Crippen molar-refractivity contribution in [3.63, 3.8) is 0 Å². The molecule has 6 nitrogen and oxygen atoms in total. The molecule has 0 aromatic heterocycles. The molecule has 0 bridgehead atoms. The average Bonchev–Trinajstić information content (AvgIpc) is 2.49. The van der Waals surface area contributed by atoms with Crippen LogP contribution in [0.1, 0.15) is 10.4 Å². The van der Waals surface area contributed by atoms with E-state index in [1.54, 1.807) is 0 Å². The largest absolute Gasteiger partial charge is 0.486 e. The van der Waals surface area contributed by atoms with Gasteiger partial charge in [0.2, 0.25) is 0 Å². The van der Waals surface area contributed by atoms with E-state index >= 15 is 0 Å². The number of ether oxygens (including phenoxy) is 2. The van der Waals surface area contributed by atoms with Gasteiger partial charge < -0.3 is 9.47 Å². The van der Waals surface area contributed by atoms with Crippen LogP contribution in [0.15, 0.2) is 17.0 Å². The number of carbonyl (C=O) groups is 1. The molecular weight excluding hydrogens is 234 g/mol. The maximum atomic E-state index is 11.5. The zero-order valence-electron chi connectivity index (χ0n) is 8.02. The molecule has 2 heterocycles. The van der Waals surface area contributed by atoms with E-state index in [9.17, 15) is 13.2 Å². The van der Waals surface area contributed by atoms with E-state index in [4.69, 9.17) is 9.47 Å². The second kappa shape index (κ2) is 2.88. The number of amides is 1. The quantitative estimate of drug-likeness (QED) is 0.685. The van der Waals surface area contributed by atoms with Gasteiger partial charge in [0.1, 0.15) is 23.7 Å². The summed E-state index contributed by atoms with van der Waals surface area (Å²) >= 11 is 0. The maximum Gasteiger partial charge on any atom is 0.270 e. The fourth-order valence-electron chi connectivity index (χ4n) is 1.76. The number of hydrogen-bond donors (Lipinski definition) is 1. The fourth-order valence-corrected chi connectivity index (χ4v) is 2.92. The lowest BCUT2D eigenvalue weighted by Crippen LogP contribution is -2.21. The van der Waals surface area contributed by atoms with Gasteiger partial charge in [-0.05, 0) is 12.1 Å². The molecule has 0 unspecified atom stereocenters. The number of nitrogens with one attached hydrogen (secondary N) is 1. The summed E-state index contributed by atoms with van der Waals surface area (Å²) in [5.74, 6) is -0.0584. The average molecular weight is 241 g/mol. The van der Waals surface area contributed by atoms with Crippen LogP contribution in [0, 0.1) is 0 Å². The molecule has 3 rings (SSSR count). The SMILES string of the molecule is O=C1NS(=O)(=O)c2ccc3c(c21)OCCO3. The third-order valence-electron chi connectivity index (χ3n) is 2.41. The molecule has 0 saturated carbocycles. The van der Waals surface area contributed by atoms with Gasteiger partial charge in [0.15, 0.2) is 11.5 Å². The second-order valence-electron chi connectivity index (χ2n) is 3.40. The molecule has 7 heteroatoms. The Morgan fingerprint density at radius 2 is 1.94 bits per heavy atom. The Hall–Kier alpha value is -1.76. The van der Waals surface area contributed by atoms with Crippen LogP contribution in [0.5, 0.6) is 11.5 Å². The van der Waals surface area contributed by atoms with E-state index in [2.05, 4.69) is 0 Å². The molecule has 0 saturated heterocycles. The van der Waals surface area contributed by atoms with Crippen LogP contribution in [0.4, 0.5) is 0 Å². The Balaban J connectivity index is 2.33. The number of benzene rings is 1. The van der Waals surface area contributed by atoms with E-state index in [0.29, 0.717) is 19.0 Å². The van der Waals surface area contributed by atoms with Gasteiger partial charge in [0.05, 0.1) is 0 Å². The van der Waals surface area contributed by atoms with Crippen molar-refractivity contribution in [3.05, 3.63) is 17.7 Å². The summed E-state index contributed by atoms with van der Waals surface area (Å²) < 4.78 is 35.5. The molecule has 1 N–H and O–H groups in total. The molecule has 0 aliphatic carbocycles. The number of carbonyl (C=O) groups excluding carboxylic acids is 1. The maximum absolute atomic E-state index is 11.5. The minimum Gasteiger partial charge on any atom is -0.486 e. The first kappa shape index (κ1) is 9.46. The van der Waals surface area contributed by atoms with Crippen molar-refractivity contribution in [1.29, 1.82) is 0 Å². The lowest BCUT2D eigenvalue weighted by atomic mass is 10.1. The Morgan fingerprint density at radius 3 is 2.75 bits per heavy atom. The molecule has 2 aliphatic rings. The van der Waals surface area contributed by atoms with E-state index in [0.717, 1.165) is 0 Å². The van der Waals surface area contributed by atoms with Crippen LogP contribution in [-0.2, 0) is 10.0 Å². The van der Waals surface area contributed by atoms with E-state index in [1.807, 2.05) is 4.72 Å². The van der Waals surface area contributed by atoms with Crippen LogP contribution >= 0.6 is 0 Å². The van der Waals surface area contributed by atoms with Gasteiger partial charge in [-0.25, -0.2) is 13.1 Å². The summed E-state index contributed by atoms with van der Waals surface area (Å²) in [6.07, 6.45) is 0. The van der Waals surface area contributed by atoms with Crippen LogP contribution in [-0.4, -0.2) is 27.5 Å². The monoisotopic (exact) mass is 241 g/mol. The van der Waals surface area contributed by atoms with Gasteiger partial charge in [-0.1, -0.05) is 0 Å². The molecule has 1 aromatic rings. The van der Waals surface area contributed by atoms with Crippen LogP contribution in [0.25, 0.3) is 0 Å². The van der Waals surface area contributed by atoms with Gasteiger partial charge in [-0.3, -0.25) is 4.79 Å². The van der Waals surface area contributed by atoms with Gasteiger partial charge >= 0.3 is 0 Å². The summed E-state index contributed by atoms with van der Waals surface area (Å²) in [6.45, 7) is 0.691. The molecule has 16 heavy (non-hydrogen) atoms. The lowest BCUT2D eigenvalue weighted by molar-refractivity contribution is 0.0974. The highest BCUT2D eigenvalue weighted by Crippen LogP contribution is 2.39. The van der Waals surface area contributed by atoms with Crippen LogP contribution in [0.2, 0.25) is 0 Å².